The number of carbonyl (C=O) groups is 2. The van der Waals surface area contributed by atoms with Crippen LogP contribution in [-0.2, 0) is 27.0 Å². The van der Waals surface area contributed by atoms with Gasteiger partial charge in [-0.1, -0.05) is 87.1 Å². The van der Waals surface area contributed by atoms with Gasteiger partial charge in [-0.15, -0.1) is 0 Å². The predicted octanol–water partition coefficient (Wildman–Crippen LogP) is 8.25. The Bertz CT molecular complexity index is 1480. The molecule has 1 unspecified atom stereocenters. The minimum atomic E-state index is -4.71. The first kappa shape index (κ1) is 36.4. The van der Waals surface area contributed by atoms with Gasteiger partial charge in [0.1, 0.15) is 11.5 Å². The Morgan fingerprint density at radius 2 is 1.48 bits per heavy atom. The fourth-order valence-electron chi connectivity index (χ4n) is 6.08. The number of alkyl halides is 3. The van der Waals surface area contributed by atoms with Crippen LogP contribution in [0.2, 0.25) is 0 Å². The fourth-order valence-corrected chi connectivity index (χ4v) is 6.08. The van der Waals surface area contributed by atoms with E-state index in [-0.39, 0.29) is 29.3 Å². The molecule has 2 fully saturated rings. The molecule has 12 heteroatoms. The van der Waals surface area contributed by atoms with Gasteiger partial charge in [-0.3, -0.25) is 10.2 Å². The number of aliphatic imine (C=N–C) groups is 2. The van der Waals surface area contributed by atoms with E-state index in [2.05, 4.69) is 31.3 Å². The van der Waals surface area contributed by atoms with Crippen LogP contribution in [-0.4, -0.2) is 54.9 Å². The van der Waals surface area contributed by atoms with Crippen LogP contribution >= 0.6 is 0 Å². The van der Waals surface area contributed by atoms with Crippen LogP contribution in [0.4, 0.5) is 18.0 Å². The number of hydrogen-bond donors (Lipinski definition) is 1. The number of allylic oxidation sites excluding steroid dienone is 2. The van der Waals surface area contributed by atoms with Gasteiger partial charge in [-0.05, 0) is 49.8 Å². The molecule has 1 N–H and O–H groups in total. The second kappa shape index (κ2) is 17.6. The molecule has 0 saturated heterocycles. The third-order valence-corrected chi connectivity index (χ3v) is 8.64. The normalized spacial score (nSPS) is 18.6. The van der Waals surface area contributed by atoms with Crippen molar-refractivity contribution < 1.29 is 32.2 Å². The summed E-state index contributed by atoms with van der Waals surface area (Å²) in [6.07, 6.45) is 7.36. The van der Waals surface area contributed by atoms with Gasteiger partial charge in [-0.25, -0.2) is 14.8 Å². The van der Waals surface area contributed by atoms with Gasteiger partial charge in [-0.2, -0.15) is 18.3 Å². The quantitative estimate of drug-likeness (QED) is 0.237. The molecule has 3 aliphatic rings. The summed E-state index contributed by atoms with van der Waals surface area (Å²) in [6.45, 7) is 1.67. The van der Waals surface area contributed by atoms with E-state index in [4.69, 9.17) is 4.74 Å². The summed E-state index contributed by atoms with van der Waals surface area (Å²) >= 11 is 0. The van der Waals surface area contributed by atoms with Crippen LogP contribution in [0.25, 0.3) is 0 Å². The number of nitrogens with zero attached hydrogens (tertiary/aromatic N) is 4. The molecule has 0 bridgehead atoms. The highest BCUT2D eigenvalue weighted by atomic mass is 19.4. The molecule has 0 aromatic heterocycles. The lowest BCUT2D eigenvalue weighted by molar-refractivity contribution is -0.138. The molecular formula is C36H44F3N5O4. The molecule has 2 aromatic rings. The Kier molecular flexibility index (Phi) is 13.4. The van der Waals surface area contributed by atoms with Crippen LogP contribution in [0.3, 0.4) is 0 Å². The van der Waals surface area contributed by atoms with Crippen LogP contribution in [0.5, 0.6) is 0 Å². The first-order valence-corrected chi connectivity index (χ1v) is 16.5. The zero-order chi connectivity index (χ0) is 34.5. The molecule has 48 heavy (non-hydrogen) atoms. The summed E-state index contributed by atoms with van der Waals surface area (Å²) in [6, 6.07) is 17.9. The summed E-state index contributed by atoms with van der Waals surface area (Å²) in [5, 5.41) is 4.06. The van der Waals surface area contributed by atoms with Gasteiger partial charge in [0, 0.05) is 13.6 Å². The van der Waals surface area contributed by atoms with Gasteiger partial charge < -0.3 is 14.4 Å². The molecule has 2 saturated carbocycles. The van der Waals surface area contributed by atoms with E-state index in [0.717, 1.165) is 18.7 Å². The summed E-state index contributed by atoms with van der Waals surface area (Å²) in [5.74, 6) is -2.23. The molecule has 9 nitrogen and oxygen atoms in total. The first-order valence-electron chi connectivity index (χ1n) is 16.5. The summed E-state index contributed by atoms with van der Waals surface area (Å²) in [5.41, 5.74) is 2.07. The molecule has 5 rings (SSSR count). The minimum absolute atomic E-state index is 0.171. The molecule has 1 atom stereocenters. The van der Waals surface area contributed by atoms with Crippen molar-refractivity contribution in [2.24, 2.45) is 15.1 Å². The second-order valence-corrected chi connectivity index (χ2v) is 12.3. The summed E-state index contributed by atoms with van der Waals surface area (Å²) in [7, 11) is 2.58. The van der Waals surface area contributed by atoms with E-state index in [0.29, 0.717) is 12.1 Å². The third-order valence-electron chi connectivity index (χ3n) is 8.64. The van der Waals surface area contributed by atoms with Crippen molar-refractivity contribution in [1.82, 2.24) is 10.3 Å². The Morgan fingerprint density at radius 1 is 0.917 bits per heavy atom. The highest BCUT2D eigenvalue weighted by molar-refractivity contribution is 6.41. The van der Waals surface area contributed by atoms with E-state index in [9.17, 15) is 22.8 Å². The van der Waals surface area contributed by atoms with Gasteiger partial charge in [0.2, 0.25) is 0 Å². The van der Waals surface area contributed by atoms with E-state index < -0.39 is 29.7 Å². The smallest absolute Gasteiger partial charge is 0.437 e. The lowest BCUT2D eigenvalue weighted by Crippen LogP contribution is -2.41. The van der Waals surface area contributed by atoms with Crippen LogP contribution < -0.4 is 5.43 Å². The third kappa shape index (κ3) is 10.3. The van der Waals surface area contributed by atoms with E-state index in [1.54, 1.807) is 0 Å². The number of rotatable bonds is 7. The molecule has 0 spiro atoms. The van der Waals surface area contributed by atoms with Gasteiger partial charge >= 0.3 is 12.3 Å². The number of hydrogen-bond acceptors (Lipinski definition) is 8. The van der Waals surface area contributed by atoms with Crippen molar-refractivity contribution in [3.05, 3.63) is 82.7 Å². The lowest BCUT2D eigenvalue weighted by atomic mass is 9.86. The monoisotopic (exact) mass is 667 g/mol. The number of halogens is 3. The number of benzene rings is 2. The average Bonchev–Trinajstić information content (AvgIpc) is 3.10. The lowest BCUT2D eigenvalue weighted by Gasteiger charge is -2.30. The molecule has 2 aromatic carbocycles. The van der Waals surface area contributed by atoms with E-state index in [1.165, 1.54) is 101 Å². The van der Waals surface area contributed by atoms with Gasteiger partial charge in [0.15, 0.2) is 0 Å². The van der Waals surface area contributed by atoms with Crippen molar-refractivity contribution in [3.63, 3.8) is 0 Å². The molecule has 1 amide bonds. The molecule has 1 heterocycles. The SMILES string of the molecule is C(=NC1CCCCC1)=NC1CCCCC1.COC(=O)OC1=C(C)NN=C(C(=O)N(C)Cc2ccccc2)C1c1ccccc1C(F)(F)F. The van der Waals surface area contributed by atoms with Crippen molar-refractivity contribution in [2.45, 2.75) is 102 Å². The van der Waals surface area contributed by atoms with Crippen molar-refractivity contribution >= 4 is 23.8 Å². The Balaban J connectivity index is 0.000000287. The molecule has 0 radical (unpaired) electrons. The van der Waals surface area contributed by atoms with Crippen molar-refractivity contribution in [2.75, 3.05) is 14.2 Å². The molecular weight excluding hydrogens is 623 g/mol. The topological polar surface area (TPSA) is 105 Å². The highest BCUT2D eigenvalue weighted by Crippen LogP contribution is 2.40. The fraction of sp³-hybridized carbons (Fsp3) is 0.500. The predicted molar refractivity (Wildman–Crippen MR) is 177 cm³/mol. The summed E-state index contributed by atoms with van der Waals surface area (Å²) in [4.78, 5) is 35.5. The Hall–Kier alpha value is -4.44. The maximum atomic E-state index is 13.8. The number of carbonyl (C=O) groups excluding carboxylic acids is 2. The van der Waals surface area contributed by atoms with E-state index in [1.807, 2.05) is 30.3 Å². The second-order valence-electron chi connectivity index (χ2n) is 12.3. The van der Waals surface area contributed by atoms with Gasteiger partial charge in [0.05, 0.1) is 42.4 Å². The highest BCUT2D eigenvalue weighted by Gasteiger charge is 2.42. The number of methoxy groups -OCH3 is 1. The molecule has 2 aliphatic carbocycles. The molecule has 1 aliphatic heterocycles. The minimum Gasteiger partial charge on any atom is -0.437 e. The van der Waals surface area contributed by atoms with Crippen LogP contribution in [0.1, 0.15) is 93.7 Å². The van der Waals surface area contributed by atoms with Crippen molar-refractivity contribution in [3.8, 4) is 0 Å². The zero-order valence-corrected chi connectivity index (χ0v) is 27.8. The standard InChI is InChI=1S/C23H22F3N3O4.C13H22N2/c1-14-20(33-22(31)32-3)18(16-11-7-8-12-17(16)23(24,25)26)19(28-27-14)21(30)29(2)13-15-9-5-4-6-10-15;1-3-7-12(8-4-1)14-11-15-13-9-5-2-6-10-13/h4-12,18,27H,13H2,1-3H3;12-13H,1-10H2. The van der Waals surface area contributed by atoms with Crippen LogP contribution in [0, 0.1) is 0 Å². The maximum absolute atomic E-state index is 13.8. The first-order chi connectivity index (χ1) is 23.1. The number of nitrogens with one attached hydrogen (secondary N) is 1. The Labute approximate surface area is 280 Å². The summed E-state index contributed by atoms with van der Waals surface area (Å²) < 4.78 is 51.2. The number of amides is 1. The average molecular weight is 668 g/mol. The van der Waals surface area contributed by atoms with Crippen LogP contribution in [0.15, 0.2) is 81.1 Å². The number of hydrazone groups is 1. The maximum Gasteiger partial charge on any atom is 0.513 e. The van der Waals surface area contributed by atoms with Crippen molar-refractivity contribution in [1.29, 1.82) is 0 Å². The largest absolute Gasteiger partial charge is 0.513 e. The zero-order valence-electron chi connectivity index (χ0n) is 27.8. The molecule has 258 valence electrons. The van der Waals surface area contributed by atoms with Gasteiger partial charge in [0.25, 0.3) is 5.91 Å². The Morgan fingerprint density at radius 3 is 2.04 bits per heavy atom. The number of ether oxygens (including phenoxy) is 2. The van der Waals surface area contributed by atoms with E-state index >= 15 is 0 Å².